The Morgan fingerprint density at radius 2 is 2.12 bits per heavy atom. The standard InChI is InChI=1S/C14H18O3/c1-3-14(17)8-6-4-5-7-13(9-10-15)11-12(2)16/h3-7,10-11,14,17H,1,8-9H2,2H3/b6-4?,7-5+,13-11-. The van der Waals surface area contributed by atoms with Crippen molar-refractivity contribution in [1.82, 2.24) is 0 Å². The summed E-state index contributed by atoms with van der Waals surface area (Å²) in [5.41, 5.74) is 0.668. The summed E-state index contributed by atoms with van der Waals surface area (Å²) in [5, 5.41) is 9.17. The van der Waals surface area contributed by atoms with Crippen LogP contribution in [0.3, 0.4) is 0 Å². The van der Waals surface area contributed by atoms with Crippen LogP contribution in [-0.2, 0) is 9.59 Å². The Labute approximate surface area is 102 Å². The van der Waals surface area contributed by atoms with Crippen LogP contribution in [0.25, 0.3) is 0 Å². The lowest BCUT2D eigenvalue weighted by Gasteiger charge is -1.97. The highest BCUT2D eigenvalue weighted by Gasteiger charge is 1.93. The van der Waals surface area contributed by atoms with E-state index < -0.39 is 6.10 Å². The number of rotatable bonds is 8. The smallest absolute Gasteiger partial charge is 0.152 e. The molecule has 0 aromatic rings. The fourth-order valence-electron chi connectivity index (χ4n) is 1.10. The molecule has 0 aliphatic rings. The Hall–Kier alpha value is -1.74. The molecule has 0 heterocycles. The number of aldehydes is 1. The Morgan fingerprint density at radius 3 is 2.65 bits per heavy atom. The predicted molar refractivity (Wildman–Crippen MR) is 68.5 cm³/mol. The van der Waals surface area contributed by atoms with Crippen LogP contribution in [0, 0.1) is 0 Å². The molecular weight excluding hydrogens is 216 g/mol. The number of allylic oxidation sites excluding steroid dienone is 5. The van der Waals surface area contributed by atoms with E-state index in [9.17, 15) is 14.7 Å². The van der Waals surface area contributed by atoms with Crippen molar-refractivity contribution in [1.29, 1.82) is 0 Å². The van der Waals surface area contributed by atoms with E-state index in [1.165, 1.54) is 19.1 Å². The molecule has 1 atom stereocenters. The Bertz CT molecular complexity index is 348. The van der Waals surface area contributed by atoms with Crippen molar-refractivity contribution in [3.05, 3.63) is 48.6 Å². The molecule has 17 heavy (non-hydrogen) atoms. The van der Waals surface area contributed by atoms with E-state index in [-0.39, 0.29) is 12.2 Å². The minimum Gasteiger partial charge on any atom is -0.389 e. The van der Waals surface area contributed by atoms with Crippen LogP contribution in [0.2, 0.25) is 0 Å². The molecule has 0 bridgehead atoms. The second kappa shape index (κ2) is 9.48. The fourth-order valence-corrected chi connectivity index (χ4v) is 1.10. The van der Waals surface area contributed by atoms with Crippen LogP contribution in [0.15, 0.2) is 48.6 Å². The number of aliphatic hydroxyl groups is 1. The quantitative estimate of drug-likeness (QED) is 0.303. The molecule has 0 amide bonds. The molecule has 0 fully saturated rings. The third-order valence-electron chi connectivity index (χ3n) is 1.91. The van der Waals surface area contributed by atoms with Gasteiger partial charge in [-0.15, -0.1) is 6.58 Å². The predicted octanol–water partition coefficient (Wildman–Crippen LogP) is 2.14. The monoisotopic (exact) mass is 234 g/mol. The number of carbonyl (C=O) groups is 2. The van der Waals surface area contributed by atoms with E-state index in [1.54, 1.807) is 24.3 Å². The lowest BCUT2D eigenvalue weighted by molar-refractivity contribution is -0.112. The number of carbonyl (C=O) groups excluding carboxylic acids is 2. The zero-order valence-corrected chi connectivity index (χ0v) is 10.0. The van der Waals surface area contributed by atoms with Crippen molar-refractivity contribution in [2.45, 2.75) is 25.9 Å². The van der Waals surface area contributed by atoms with Gasteiger partial charge in [0, 0.05) is 6.42 Å². The summed E-state index contributed by atoms with van der Waals surface area (Å²) in [7, 11) is 0. The second-order valence-corrected chi connectivity index (χ2v) is 3.53. The van der Waals surface area contributed by atoms with Crippen molar-refractivity contribution in [3.63, 3.8) is 0 Å². The molecule has 0 aromatic carbocycles. The molecule has 0 spiro atoms. The molecule has 3 nitrogen and oxygen atoms in total. The highest BCUT2D eigenvalue weighted by molar-refractivity contribution is 5.89. The van der Waals surface area contributed by atoms with Gasteiger partial charge in [-0.05, 0) is 25.0 Å². The zero-order valence-electron chi connectivity index (χ0n) is 10.0. The maximum absolute atomic E-state index is 10.9. The van der Waals surface area contributed by atoms with E-state index >= 15 is 0 Å². The maximum Gasteiger partial charge on any atom is 0.152 e. The van der Waals surface area contributed by atoms with Gasteiger partial charge in [-0.3, -0.25) is 4.79 Å². The van der Waals surface area contributed by atoms with E-state index in [4.69, 9.17) is 0 Å². The highest BCUT2D eigenvalue weighted by atomic mass is 16.3. The topological polar surface area (TPSA) is 54.4 Å². The van der Waals surface area contributed by atoms with Crippen LogP contribution in [-0.4, -0.2) is 23.3 Å². The number of ketones is 1. The minimum atomic E-state index is -0.540. The van der Waals surface area contributed by atoms with Crippen LogP contribution >= 0.6 is 0 Å². The molecule has 0 aromatic heterocycles. The molecule has 0 saturated carbocycles. The fraction of sp³-hybridized carbons (Fsp3) is 0.286. The van der Waals surface area contributed by atoms with Gasteiger partial charge in [0.15, 0.2) is 5.78 Å². The van der Waals surface area contributed by atoms with E-state index in [1.807, 2.05) is 0 Å². The van der Waals surface area contributed by atoms with Crippen molar-refractivity contribution in [2.24, 2.45) is 0 Å². The first kappa shape index (κ1) is 15.3. The van der Waals surface area contributed by atoms with Crippen LogP contribution in [0.5, 0.6) is 0 Å². The maximum atomic E-state index is 10.9. The van der Waals surface area contributed by atoms with Gasteiger partial charge in [-0.25, -0.2) is 0 Å². The SMILES string of the molecule is C=CC(O)CC=C/C=C/C(=C/C(C)=O)CC=O. The van der Waals surface area contributed by atoms with E-state index in [0.29, 0.717) is 12.0 Å². The average Bonchev–Trinajstić information content (AvgIpc) is 2.27. The highest BCUT2D eigenvalue weighted by Crippen LogP contribution is 2.02. The Balaban J connectivity index is 4.31. The summed E-state index contributed by atoms with van der Waals surface area (Å²) in [6.45, 7) is 4.90. The molecule has 92 valence electrons. The van der Waals surface area contributed by atoms with Crippen LogP contribution in [0.1, 0.15) is 19.8 Å². The van der Waals surface area contributed by atoms with Gasteiger partial charge in [0.25, 0.3) is 0 Å². The summed E-state index contributed by atoms with van der Waals surface area (Å²) in [5.74, 6) is -0.0856. The third kappa shape index (κ3) is 9.20. The zero-order chi connectivity index (χ0) is 13.1. The van der Waals surface area contributed by atoms with Crippen molar-refractivity contribution < 1.29 is 14.7 Å². The van der Waals surface area contributed by atoms with Gasteiger partial charge in [0.2, 0.25) is 0 Å². The molecular formula is C14H18O3. The molecule has 0 saturated heterocycles. The number of hydrogen-bond acceptors (Lipinski definition) is 3. The molecule has 1 unspecified atom stereocenters. The van der Waals surface area contributed by atoms with Crippen LogP contribution in [0.4, 0.5) is 0 Å². The first-order valence-electron chi connectivity index (χ1n) is 5.38. The lowest BCUT2D eigenvalue weighted by atomic mass is 10.1. The number of aliphatic hydroxyl groups excluding tert-OH is 1. The van der Waals surface area contributed by atoms with Gasteiger partial charge in [-0.1, -0.05) is 30.4 Å². The van der Waals surface area contributed by atoms with Crippen molar-refractivity contribution in [2.75, 3.05) is 0 Å². The van der Waals surface area contributed by atoms with Gasteiger partial charge < -0.3 is 9.90 Å². The lowest BCUT2D eigenvalue weighted by Crippen LogP contribution is -1.97. The summed E-state index contributed by atoms with van der Waals surface area (Å²) >= 11 is 0. The molecule has 0 rings (SSSR count). The van der Waals surface area contributed by atoms with E-state index in [2.05, 4.69) is 6.58 Å². The Morgan fingerprint density at radius 1 is 1.41 bits per heavy atom. The van der Waals surface area contributed by atoms with Gasteiger partial charge in [0.05, 0.1) is 6.10 Å². The summed E-state index contributed by atoms with van der Waals surface area (Å²) in [6, 6.07) is 0. The summed E-state index contributed by atoms with van der Waals surface area (Å²) in [6.07, 6.45) is 10.8. The molecule has 1 N–H and O–H groups in total. The van der Waals surface area contributed by atoms with Crippen LogP contribution < -0.4 is 0 Å². The molecule has 0 radical (unpaired) electrons. The molecule has 3 heteroatoms. The minimum absolute atomic E-state index is 0.0856. The van der Waals surface area contributed by atoms with Crippen molar-refractivity contribution in [3.8, 4) is 0 Å². The van der Waals surface area contributed by atoms with Gasteiger partial charge in [-0.2, -0.15) is 0 Å². The first-order valence-corrected chi connectivity index (χ1v) is 5.38. The van der Waals surface area contributed by atoms with Gasteiger partial charge >= 0.3 is 0 Å². The van der Waals surface area contributed by atoms with Gasteiger partial charge in [0.1, 0.15) is 6.29 Å². The third-order valence-corrected chi connectivity index (χ3v) is 1.91. The van der Waals surface area contributed by atoms with Crippen molar-refractivity contribution >= 4 is 12.1 Å². The largest absolute Gasteiger partial charge is 0.389 e. The normalized spacial score (nSPS) is 14.1. The number of hydrogen-bond donors (Lipinski definition) is 1. The summed E-state index contributed by atoms with van der Waals surface area (Å²) in [4.78, 5) is 21.2. The van der Waals surface area contributed by atoms with E-state index in [0.717, 1.165) is 6.29 Å². The summed E-state index contributed by atoms with van der Waals surface area (Å²) < 4.78 is 0. The molecule has 0 aliphatic carbocycles. The second-order valence-electron chi connectivity index (χ2n) is 3.53. The Kier molecular flexibility index (Phi) is 8.51. The first-order chi connectivity index (χ1) is 8.10. The average molecular weight is 234 g/mol. The molecule has 0 aliphatic heterocycles.